The van der Waals surface area contributed by atoms with Crippen molar-refractivity contribution in [1.82, 2.24) is 30.2 Å². The smallest absolute Gasteiger partial charge is 0.205 e. The molecule has 1 N–H and O–H groups in total. The number of aromatic nitrogens is 6. The fourth-order valence-electron chi connectivity index (χ4n) is 4.33. The molecule has 0 bridgehead atoms. The summed E-state index contributed by atoms with van der Waals surface area (Å²) < 4.78 is 2.37. The van der Waals surface area contributed by atoms with Crippen LogP contribution in [-0.4, -0.2) is 44.3 Å². The maximum atomic E-state index is 5.01. The van der Waals surface area contributed by atoms with E-state index in [1.165, 1.54) is 16.8 Å². The first-order valence-corrected chi connectivity index (χ1v) is 11.7. The number of imidazole rings is 1. The molecule has 0 unspecified atom stereocenters. The largest absolute Gasteiger partial charge is 0.378 e. The molecule has 0 aliphatic heterocycles. The quantitative estimate of drug-likeness (QED) is 0.345. The van der Waals surface area contributed by atoms with E-state index in [4.69, 9.17) is 4.98 Å². The number of unbranched alkanes of at least 4 members (excludes halogenated alkanes) is 1. The van der Waals surface area contributed by atoms with Gasteiger partial charge in [-0.3, -0.25) is 0 Å². The van der Waals surface area contributed by atoms with Crippen molar-refractivity contribution < 1.29 is 0 Å². The van der Waals surface area contributed by atoms with E-state index in [1.807, 2.05) is 18.2 Å². The van der Waals surface area contributed by atoms with Gasteiger partial charge in [-0.2, -0.15) is 5.21 Å². The molecule has 0 radical (unpaired) electrons. The fraction of sp³-hybridized carbons (Fsp3) is 0.259. The second-order valence-electron chi connectivity index (χ2n) is 8.76. The molecule has 2 aromatic heterocycles. The molecule has 7 nitrogen and oxygen atoms in total. The van der Waals surface area contributed by atoms with Gasteiger partial charge < -0.3 is 9.47 Å². The number of aromatic amines is 1. The van der Waals surface area contributed by atoms with Crippen LogP contribution >= 0.6 is 0 Å². The van der Waals surface area contributed by atoms with Crippen LogP contribution in [0, 0.1) is 0 Å². The fourth-order valence-corrected chi connectivity index (χ4v) is 4.33. The first-order chi connectivity index (χ1) is 16.6. The molecule has 2 heterocycles. The van der Waals surface area contributed by atoms with Crippen molar-refractivity contribution in [2.45, 2.75) is 32.7 Å². The average molecular weight is 452 g/mol. The van der Waals surface area contributed by atoms with Gasteiger partial charge in [0.15, 0.2) is 0 Å². The lowest BCUT2D eigenvalue weighted by Gasteiger charge is -2.13. The van der Waals surface area contributed by atoms with Crippen molar-refractivity contribution in [2.75, 3.05) is 19.0 Å². The summed E-state index contributed by atoms with van der Waals surface area (Å²) in [6.45, 7) is 3.02. The van der Waals surface area contributed by atoms with E-state index >= 15 is 0 Å². The molecule has 0 spiro atoms. The summed E-state index contributed by atoms with van der Waals surface area (Å²) in [6.07, 6.45) is 3.27. The van der Waals surface area contributed by atoms with Gasteiger partial charge in [0, 0.05) is 38.3 Å². The van der Waals surface area contributed by atoms with Gasteiger partial charge in [0.2, 0.25) is 5.82 Å². The number of aryl methyl sites for hydroxylation is 1. The monoisotopic (exact) mass is 451 g/mol. The number of fused-ring (bicyclic) bond motifs is 1. The number of nitrogens with one attached hydrogen (secondary N) is 1. The van der Waals surface area contributed by atoms with Gasteiger partial charge in [-0.1, -0.05) is 61.9 Å². The van der Waals surface area contributed by atoms with Crippen molar-refractivity contribution >= 4 is 16.7 Å². The molecule has 0 saturated heterocycles. The Morgan fingerprint density at radius 2 is 1.74 bits per heavy atom. The molecule has 0 aliphatic rings. The zero-order chi connectivity index (χ0) is 23.5. The minimum Gasteiger partial charge on any atom is -0.378 e. The number of anilines is 1. The second-order valence-corrected chi connectivity index (χ2v) is 8.76. The Labute approximate surface area is 199 Å². The van der Waals surface area contributed by atoms with Crippen LogP contribution < -0.4 is 4.90 Å². The minimum atomic E-state index is 0.599. The minimum absolute atomic E-state index is 0.599. The maximum absolute atomic E-state index is 5.01. The summed E-state index contributed by atoms with van der Waals surface area (Å²) in [6, 6.07) is 23.4. The Kier molecular flexibility index (Phi) is 6.08. The zero-order valence-corrected chi connectivity index (χ0v) is 19.9. The molecule has 172 valence electrons. The third kappa shape index (κ3) is 4.29. The van der Waals surface area contributed by atoms with Gasteiger partial charge in [-0.25, -0.2) is 4.98 Å². The number of benzene rings is 3. The van der Waals surface area contributed by atoms with E-state index in [2.05, 4.69) is 99.6 Å². The van der Waals surface area contributed by atoms with Crippen LogP contribution in [0.15, 0.2) is 66.7 Å². The second kappa shape index (κ2) is 9.47. The van der Waals surface area contributed by atoms with Gasteiger partial charge in [0.05, 0.1) is 11.0 Å². The van der Waals surface area contributed by atoms with Gasteiger partial charge in [0.1, 0.15) is 5.82 Å². The normalized spacial score (nSPS) is 11.3. The van der Waals surface area contributed by atoms with E-state index in [-0.39, 0.29) is 0 Å². The predicted molar refractivity (Wildman–Crippen MR) is 137 cm³/mol. The molecular weight excluding hydrogens is 422 g/mol. The van der Waals surface area contributed by atoms with Crippen LogP contribution in [0.5, 0.6) is 0 Å². The lowest BCUT2D eigenvalue weighted by molar-refractivity contribution is 0.690. The van der Waals surface area contributed by atoms with Gasteiger partial charge in [-0.15, -0.1) is 10.2 Å². The van der Waals surface area contributed by atoms with Gasteiger partial charge in [0.25, 0.3) is 0 Å². The molecule has 0 saturated carbocycles. The molecule has 0 atom stereocenters. The van der Waals surface area contributed by atoms with Crippen LogP contribution in [0.25, 0.3) is 33.5 Å². The molecule has 5 rings (SSSR count). The highest BCUT2D eigenvalue weighted by atomic mass is 15.5. The molecule has 5 aromatic rings. The molecular formula is C27H29N7. The Morgan fingerprint density at radius 3 is 2.44 bits per heavy atom. The first-order valence-electron chi connectivity index (χ1n) is 11.7. The number of tetrazole rings is 1. The highest BCUT2D eigenvalue weighted by Gasteiger charge is 2.14. The number of H-pyrrole nitrogens is 1. The molecule has 0 fully saturated rings. The van der Waals surface area contributed by atoms with E-state index in [0.29, 0.717) is 5.82 Å². The van der Waals surface area contributed by atoms with E-state index in [1.54, 1.807) is 0 Å². The Bertz CT molecular complexity index is 1380. The van der Waals surface area contributed by atoms with Crippen LogP contribution in [-0.2, 0) is 13.0 Å². The summed E-state index contributed by atoms with van der Waals surface area (Å²) >= 11 is 0. The number of hydrogen-bond acceptors (Lipinski definition) is 5. The summed E-state index contributed by atoms with van der Waals surface area (Å²) in [4.78, 5) is 7.13. The predicted octanol–water partition coefficient (Wildman–Crippen LogP) is 5.34. The van der Waals surface area contributed by atoms with Crippen molar-refractivity contribution in [3.05, 3.63) is 78.1 Å². The standard InChI is InChI=1S/C27H29N7/c1-4-5-10-26-28-24-17-21(33(2)3)15-16-25(24)34(26)18-19-11-13-20(14-12-19)22-8-6-7-9-23(22)27-29-31-32-30-27/h6-9,11-17H,4-5,10,18H2,1-3H3,(H,29,30,31,32). The molecule has 34 heavy (non-hydrogen) atoms. The number of nitrogens with zero attached hydrogens (tertiary/aromatic N) is 6. The van der Waals surface area contributed by atoms with E-state index in [9.17, 15) is 0 Å². The van der Waals surface area contributed by atoms with E-state index in [0.717, 1.165) is 53.8 Å². The Hall–Kier alpha value is -4.00. The third-order valence-electron chi connectivity index (χ3n) is 6.20. The maximum Gasteiger partial charge on any atom is 0.205 e. The summed E-state index contributed by atoms with van der Waals surface area (Å²) in [7, 11) is 4.13. The third-order valence-corrected chi connectivity index (χ3v) is 6.20. The topological polar surface area (TPSA) is 75.5 Å². The SMILES string of the molecule is CCCCc1nc2cc(N(C)C)ccc2n1Cc1ccc(-c2ccccc2-c2nn[nH]n2)cc1. The number of hydrogen-bond donors (Lipinski definition) is 1. The first kappa shape index (κ1) is 21.8. The van der Waals surface area contributed by atoms with Gasteiger partial charge in [-0.05, 0) is 46.5 Å². The van der Waals surface area contributed by atoms with Crippen molar-refractivity contribution in [3.63, 3.8) is 0 Å². The van der Waals surface area contributed by atoms with Crippen molar-refractivity contribution in [1.29, 1.82) is 0 Å². The molecule has 0 aliphatic carbocycles. The summed E-state index contributed by atoms with van der Waals surface area (Å²) in [5, 5.41) is 14.6. The highest BCUT2D eigenvalue weighted by molar-refractivity contribution is 5.81. The average Bonchev–Trinajstić information content (AvgIpc) is 3.51. The van der Waals surface area contributed by atoms with E-state index < -0.39 is 0 Å². The number of rotatable bonds is 8. The Morgan fingerprint density at radius 1 is 0.941 bits per heavy atom. The lowest BCUT2D eigenvalue weighted by atomic mass is 9.98. The van der Waals surface area contributed by atoms with Crippen molar-refractivity contribution in [3.8, 4) is 22.5 Å². The van der Waals surface area contributed by atoms with Crippen LogP contribution in [0.3, 0.4) is 0 Å². The van der Waals surface area contributed by atoms with Crippen LogP contribution in [0.4, 0.5) is 5.69 Å². The summed E-state index contributed by atoms with van der Waals surface area (Å²) in [5.41, 5.74) is 7.83. The van der Waals surface area contributed by atoms with Crippen LogP contribution in [0.1, 0.15) is 31.2 Å². The zero-order valence-electron chi connectivity index (χ0n) is 19.9. The molecule has 0 amide bonds. The highest BCUT2D eigenvalue weighted by Crippen LogP contribution is 2.30. The Balaban J connectivity index is 1.47. The van der Waals surface area contributed by atoms with Crippen LogP contribution in [0.2, 0.25) is 0 Å². The van der Waals surface area contributed by atoms with Gasteiger partial charge >= 0.3 is 0 Å². The van der Waals surface area contributed by atoms with Crippen molar-refractivity contribution in [2.24, 2.45) is 0 Å². The lowest BCUT2D eigenvalue weighted by Crippen LogP contribution is -2.08. The molecule has 3 aromatic carbocycles. The molecule has 7 heteroatoms. The summed E-state index contributed by atoms with van der Waals surface area (Å²) in [5.74, 6) is 1.75.